The molecule has 1 aliphatic rings. The largest absolute Gasteiger partial charge is 0.337 e. The van der Waals surface area contributed by atoms with Crippen LogP contribution < -0.4 is 10.7 Å². The molecule has 0 atom stereocenters. The van der Waals surface area contributed by atoms with E-state index in [9.17, 15) is 0 Å². The van der Waals surface area contributed by atoms with E-state index in [-0.39, 0.29) is 11.1 Å². The molecule has 21 heavy (non-hydrogen) atoms. The lowest BCUT2D eigenvalue weighted by Gasteiger charge is -2.39. The van der Waals surface area contributed by atoms with Crippen LogP contribution in [0.5, 0.6) is 0 Å². The predicted octanol–water partition coefficient (Wildman–Crippen LogP) is 4.33. The summed E-state index contributed by atoms with van der Waals surface area (Å²) < 4.78 is 0. The van der Waals surface area contributed by atoms with Gasteiger partial charge in [0, 0.05) is 17.9 Å². The van der Waals surface area contributed by atoms with E-state index in [4.69, 9.17) is 34.8 Å². The Bertz CT molecular complexity index is 539. The van der Waals surface area contributed by atoms with Crippen LogP contribution >= 0.6 is 34.8 Å². The molecule has 0 radical (unpaired) electrons. The van der Waals surface area contributed by atoms with Crippen LogP contribution in [0.15, 0.2) is 17.2 Å². The molecule has 0 saturated carbocycles. The zero-order chi connectivity index (χ0) is 15.8. The van der Waals surface area contributed by atoms with Gasteiger partial charge in [0.15, 0.2) is 0 Å². The van der Waals surface area contributed by atoms with E-state index < -0.39 is 0 Å². The molecule has 0 aromatic heterocycles. The van der Waals surface area contributed by atoms with E-state index in [1.54, 1.807) is 12.1 Å². The number of hydrogen-bond acceptors (Lipinski definition) is 2. The molecule has 0 aliphatic carbocycles. The molecule has 0 bridgehead atoms. The van der Waals surface area contributed by atoms with E-state index in [0.29, 0.717) is 20.8 Å². The van der Waals surface area contributed by atoms with Crippen LogP contribution in [0.3, 0.4) is 0 Å². The van der Waals surface area contributed by atoms with Gasteiger partial charge in [0.25, 0.3) is 0 Å². The molecular formula is C15H21Cl3N3+. The van der Waals surface area contributed by atoms with Gasteiger partial charge >= 0.3 is 0 Å². The highest BCUT2D eigenvalue weighted by atomic mass is 35.5. The summed E-state index contributed by atoms with van der Waals surface area (Å²) in [4.78, 5) is 0. The number of quaternary nitrogens is 1. The lowest BCUT2D eigenvalue weighted by atomic mass is 9.81. The van der Waals surface area contributed by atoms with Crippen molar-refractivity contribution in [2.45, 2.75) is 51.6 Å². The fourth-order valence-electron chi connectivity index (χ4n) is 3.14. The van der Waals surface area contributed by atoms with Crippen molar-refractivity contribution in [3.63, 3.8) is 0 Å². The molecule has 1 saturated heterocycles. The molecule has 1 fully saturated rings. The SMILES string of the molecule is CC1(C)CC(=NNc2c(Cl)cc(Cl)cc2Cl)CC(C)(C)[NH2+]1. The van der Waals surface area contributed by atoms with Crippen LogP contribution in [0.25, 0.3) is 0 Å². The van der Waals surface area contributed by atoms with Crippen LogP contribution in [0, 0.1) is 0 Å². The molecule has 0 unspecified atom stereocenters. The molecule has 116 valence electrons. The van der Waals surface area contributed by atoms with Gasteiger partial charge in [-0.1, -0.05) is 34.8 Å². The summed E-state index contributed by atoms with van der Waals surface area (Å²) in [5.41, 5.74) is 4.99. The average Bonchev–Trinajstić information content (AvgIpc) is 2.22. The summed E-state index contributed by atoms with van der Waals surface area (Å²) in [5, 5.41) is 8.39. The van der Waals surface area contributed by atoms with Crippen molar-refractivity contribution >= 4 is 46.2 Å². The second-order valence-electron chi connectivity index (χ2n) is 7.01. The van der Waals surface area contributed by atoms with Gasteiger partial charge in [-0.2, -0.15) is 5.10 Å². The Hall–Kier alpha value is -0.480. The predicted molar refractivity (Wildman–Crippen MR) is 91.8 cm³/mol. The Morgan fingerprint density at radius 2 is 1.48 bits per heavy atom. The highest BCUT2D eigenvalue weighted by Gasteiger charge is 2.39. The van der Waals surface area contributed by atoms with Crippen LogP contribution in [-0.4, -0.2) is 16.8 Å². The fourth-order valence-corrected chi connectivity index (χ4v) is 4.04. The first kappa shape index (κ1) is 16.9. The van der Waals surface area contributed by atoms with Crippen molar-refractivity contribution < 1.29 is 5.32 Å². The second-order valence-corrected chi connectivity index (χ2v) is 8.26. The number of benzene rings is 1. The Morgan fingerprint density at radius 1 is 1.00 bits per heavy atom. The van der Waals surface area contributed by atoms with Gasteiger partial charge in [-0.25, -0.2) is 0 Å². The lowest BCUT2D eigenvalue weighted by Crippen LogP contribution is -3.05. The van der Waals surface area contributed by atoms with Crippen molar-refractivity contribution in [3.8, 4) is 0 Å². The molecule has 2 rings (SSSR count). The summed E-state index contributed by atoms with van der Waals surface area (Å²) in [6.07, 6.45) is 1.85. The van der Waals surface area contributed by atoms with E-state index in [2.05, 4.69) is 43.5 Å². The first-order valence-corrected chi connectivity index (χ1v) is 8.04. The normalized spacial score (nSPS) is 20.2. The third-order valence-electron chi connectivity index (χ3n) is 3.43. The van der Waals surface area contributed by atoms with Crippen LogP contribution in [0.4, 0.5) is 5.69 Å². The molecule has 0 spiro atoms. The number of nitrogens with two attached hydrogens (primary N) is 1. The molecule has 1 aromatic rings. The number of nitrogens with zero attached hydrogens (tertiary/aromatic N) is 1. The van der Waals surface area contributed by atoms with Crippen molar-refractivity contribution in [3.05, 3.63) is 27.2 Å². The number of hydrazone groups is 1. The number of hydrogen-bond donors (Lipinski definition) is 2. The number of piperidine rings is 1. The van der Waals surface area contributed by atoms with Gasteiger partial charge in [-0.05, 0) is 39.8 Å². The zero-order valence-corrected chi connectivity index (χ0v) is 15.0. The summed E-state index contributed by atoms with van der Waals surface area (Å²) in [6.45, 7) is 8.91. The van der Waals surface area contributed by atoms with Gasteiger partial charge in [0.1, 0.15) is 0 Å². The van der Waals surface area contributed by atoms with Crippen LogP contribution in [0.2, 0.25) is 15.1 Å². The number of anilines is 1. The van der Waals surface area contributed by atoms with E-state index in [1.807, 2.05) is 0 Å². The average molecular weight is 350 g/mol. The Morgan fingerprint density at radius 3 is 1.95 bits per heavy atom. The number of rotatable bonds is 2. The van der Waals surface area contributed by atoms with Crippen molar-refractivity contribution in [1.29, 1.82) is 0 Å². The molecule has 1 heterocycles. The number of nitrogens with one attached hydrogen (secondary N) is 1. The number of halogens is 3. The fraction of sp³-hybridized carbons (Fsp3) is 0.533. The Balaban J connectivity index is 2.21. The molecule has 3 nitrogen and oxygen atoms in total. The monoisotopic (exact) mass is 348 g/mol. The van der Waals surface area contributed by atoms with Gasteiger partial charge in [0.05, 0.1) is 32.5 Å². The van der Waals surface area contributed by atoms with Crippen molar-refractivity contribution in [1.82, 2.24) is 0 Å². The minimum absolute atomic E-state index is 0.135. The van der Waals surface area contributed by atoms with Crippen LogP contribution in [0.1, 0.15) is 40.5 Å². The third-order valence-corrected chi connectivity index (χ3v) is 4.25. The quantitative estimate of drug-likeness (QED) is 0.767. The maximum absolute atomic E-state index is 6.16. The van der Waals surface area contributed by atoms with Gasteiger partial charge < -0.3 is 5.32 Å². The smallest absolute Gasteiger partial charge is 0.0962 e. The van der Waals surface area contributed by atoms with E-state index in [1.165, 1.54) is 0 Å². The zero-order valence-electron chi connectivity index (χ0n) is 12.7. The van der Waals surface area contributed by atoms with Crippen LogP contribution in [-0.2, 0) is 0 Å². The molecule has 6 heteroatoms. The minimum atomic E-state index is 0.135. The summed E-state index contributed by atoms with van der Waals surface area (Å²) >= 11 is 18.2. The molecular weight excluding hydrogens is 329 g/mol. The second kappa shape index (κ2) is 5.96. The van der Waals surface area contributed by atoms with Gasteiger partial charge in [-0.15, -0.1) is 0 Å². The molecule has 1 aliphatic heterocycles. The van der Waals surface area contributed by atoms with Gasteiger partial charge in [-0.3, -0.25) is 5.43 Å². The molecule has 3 N–H and O–H groups in total. The molecule has 1 aromatic carbocycles. The van der Waals surface area contributed by atoms with E-state index in [0.717, 1.165) is 18.6 Å². The Labute approximate surface area is 141 Å². The highest BCUT2D eigenvalue weighted by Crippen LogP contribution is 2.34. The lowest BCUT2D eigenvalue weighted by molar-refractivity contribution is -0.780. The maximum Gasteiger partial charge on any atom is 0.0962 e. The summed E-state index contributed by atoms with van der Waals surface area (Å²) in [6, 6.07) is 3.31. The highest BCUT2D eigenvalue weighted by molar-refractivity contribution is 6.41. The summed E-state index contributed by atoms with van der Waals surface area (Å²) in [5.74, 6) is 0. The maximum atomic E-state index is 6.16. The van der Waals surface area contributed by atoms with Crippen molar-refractivity contribution in [2.75, 3.05) is 5.43 Å². The topological polar surface area (TPSA) is 41.0 Å². The first-order chi connectivity index (χ1) is 9.58. The minimum Gasteiger partial charge on any atom is -0.337 e. The third kappa shape index (κ3) is 4.49. The van der Waals surface area contributed by atoms with E-state index >= 15 is 0 Å². The summed E-state index contributed by atoms with van der Waals surface area (Å²) in [7, 11) is 0. The molecule has 0 amide bonds. The Kier molecular flexibility index (Phi) is 4.79. The first-order valence-electron chi connectivity index (χ1n) is 6.91. The van der Waals surface area contributed by atoms with Gasteiger partial charge in [0.2, 0.25) is 0 Å². The standard InChI is InChI=1S/C15H20Cl3N3/c1-14(2)7-10(8-15(3,4)21-14)19-20-13-11(17)5-9(16)6-12(13)18/h5-6,20-21H,7-8H2,1-4H3/p+1. The van der Waals surface area contributed by atoms with Crippen molar-refractivity contribution in [2.24, 2.45) is 5.10 Å².